The van der Waals surface area contributed by atoms with Crippen LogP contribution in [0, 0.1) is 0 Å². The van der Waals surface area contributed by atoms with Gasteiger partial charge in [-0.1, -0.05) is 12.1 Å². The lowest BCUT2D eigenvalue weighted by Crippen LogP contribution is -2.28. The Bertz CT molecular complexity index is 879. The zero-order chi connectivity index (χ0) is 21.9. The number of halogens is 3. The molecule has 2 aromatic carbocycles. The molecule has 1 saturated heterocycles. The summed E-state index contributed by atoms with van der Waals surface area (Å²) in [5, 5.41) is -0.389. The minimum Gasteiger partial charge on any atom is -0.496 e. The number of alkyl halides is 3. The van der Waals surface area contributed by atoms with Gasteiger partial charge in [0.15, 0.2) is 0 Å². The van der Waals surface area contributed by atoms with Gasteiger partial charge in [-0.05, 0) is 17.7 Å². The van der Waals surface area contributed by atoms with Crippen LogP contribution in [0.1, 0.15) is 16.5 Å². The minimum atomic E-state index is -4.75. The summed E-state index contributed by atoms with van der Waals surface area (Å²) in [5.41, 5.74) is 1.35. The molecule has 3 rings (SSSR count). The molecule has 0 aromatic heterocycles. The highest BCUT2D eigenvalue weighted by atomic mass is 32.2. The Morgan fingerprint density at radius 1 is 1.00 bits per heavy atom. The highest BCUT2D eigenvalue weighted by molar-refractivity contribution is 8.00. The fourth-order valence-corrected chi connectivity index (χ4v) is 4.37. The summed E-state index contributed by atoms with van der Waals surface area (Å²) in [6.07, 6.45) is -4.75. The molecule has 0 spiro atoms. The molecule has 1 aliphatic heterocycles. The van der Waals surface area contributed by atoms with Crippen molar-refractivity contribution in [1.82, 2.24) is 4.90 Å². The monoisotopic (exact) mass is 443 g/mol. The van der Waals surface area contributed by atoms with E-state index in [4.69, 9.17) is 14.2 Å². The summed E-state index contributed by atoms with van der Waals surface area (Å²) in [6, 6.07) is 8.86. The Hall–Kier alpha value is -2.75. The first-order chi connectivity index (χ1) is 14.3. The Labute approximate surface area is 175 Å². The number of hydrogen-bond donors (Lipinski definition) is 0. The molecule has 1 heterocycles. The molecule has 1 aliphatic rings. The SMILES string of the molecule is COc1cc(OC)c(C2SCC(=O)N2Cc2ccc(OC(F)(F)F)cc2)c(OC)c1. The highest BCUT2D eigenvalue weighted by Crippen LogP contribution is 2.48. The summed E-state index contributed by atoms with van der Waals surface area (Å²) in [5.74, 6) is 1.42. The van der Waals surface area contributed by atoms with E-state index in [1.165, 1.54) is 57.4 Å². The van der Waals surface area contributed by atoms with Crippen LogP contribution in [-0.4, -0.2) is 44.3 Å². The first-order valence-corrected chi connectivity index (χ1v) is 9.86. The number of benzene rings is 2. The van der Waals surface area contributed by atoms with E-state index < -0.39 is 6.36 Å². The van der Waals surface area contributed by atoms with Gasteiger partial charge in [0.25, 0.3) is 0 Å². The molecular formula is C20H20F3NO5S. The van der Waals surface area contributed by atoms with Crippen molar-refractivity contribution < 1.29 is 36.9 Å². The second-order valence-corrected chi connectivity index (χ2v) is 7.39. The van der Waals surface area contributed by atoms with E-state index >= 15 is 0 Å². The number of thioether (sulfide) groups is 1. The van der Waals surface area contributed by atoms with Crippen molar-refractivity contribution in [2.45, 2.75) is 18.3 Å². The smallest absolute Gasteiger partial charge is 0.496 e. The van der Waals surface area contributed by atoms with E-state index in [1.54, 1.807) is 17.0 Å². The number of ether oxygens (including phenoxy) is 4. The molecule has 30 heavy (non-hydrogen) atoms. The van der Waals surface area contributed by atoms with E-state index in [1.807, 2.05) is 0 Å². The van der Waals surface area contributed by atoms with Crippen molar-refractivity contribution in [3.63, 3.8) is 0 Å². The molecule has 2 aromatic rings. The van der Waals surface area contributed by atoms with Crippen LogP contribution in [0.5, 0.6) is 23.0 Å². The molecule has 1 unspecified atom stereocenters. The van der Waals surface area contributed by atoms with E-state index in [9.17, 15) is 18.0 Å². The topological polar surface area (TPSA) is 57.2 Å². The first kappa shape index (κ1) is 21.9. The number of nitrogens with zero attached hydrogens (tertiary/aromatic N) is 1. The van der Waals surface area contributed by atoms with E-state index in [0.717, 1.165) is 0 Å². The molecule has 0 bridgehead atoms. The van der Waals surface area contributed by atoms with Crippen LogP contribution in [-0.2, 0) is 11.3 Å². The van der Waals surface area contributed by atoms with Gasteiger partial charge in [0, 0.05) is 18.7 Å². The van der Waals surface area contributed by atoms with Crippen molar-refractivity contribution in [3.8, 4) is 23.0 Å². The first-order valence-electron chi connectivity index (χ1n) is 8.81. The predicted molar refractivity (Wildman–Crippen MR) is 105 cm³/mol. The largest absolute Gasteiger partial charge is 0.573 e. The number of rotatable bonds is 7. The van der Waals surface area contributed by atoms with Gasteiger partial charge in [-0.25, -0.2) is 0 Å². The fraction of sp³-hybridized carbons (Fsp3) is 0.350. The summed E-state index contributed by atoms with van der Waals surface area (Å²) in [7, 11) is 4.56. The summed E-state index contributed by atoms with van der Waals surface area (Å²) < 4.78 is 57.2. The number of methoxy groups -OCH3 is 3. The third-order valence-electron chi connectivity index (χ3n) is 4.48. The predicted octanol–water partition coefficient (Wildman–Crippen LogP) is 4.39. The number of hydrogen-bond acceptors (Lipinski definition) is 6. The van der Waals surface area contributed by atoms with Crippen LogP contribution in [0.15, 0.2) is 36.4 Å². The van der Waals surface area contributed by atoms with Crippen molar-refractivity contribution >= 4 is 17.7 Å². The average molecular weight is 443 g/mol. The number of carbonyl (C=O) groups is 1. The van der Waals surface area contributed by atoms with Crippen LogP contribution in [0.25, 0.3) is 0 Å². The zero-order valence-corrected chi connectivity index (χ0v) is 17.3. The molecule has 0 N–H and O–H groups in total. The number of carbonyl (C=O) groups excluding carboxylic acids is 1. The molecule has 1 amide bonds. The molecule has 0 radical (unpaired) electrons. The molecule has 162 valence electrons. The third-order valence-corrected chi connectivity index (χ3v) is 5.70. The zero-order valence-electron chi connectivity index (χ0n) is 16.5. The highest BCUT2D eigenvalue weighted by Gasteiger charge is 2.37. The van der Waals surface area contributed by atoms with Gasteiger partial charge in [0.2, 0.25) is 5.91 Å². The lowest BCUT2D eigenvalue weighted by molar-refractivity contribution is -0.274. The maximum Gasteiger partial charge on any atom is 0.573 e. The Morgan fingerprint density at radius 2 is 1.60 bits per heavy atom. The lowest BCUT2D eigenvalue weighted by atomic mass is 10.1. The fourth-order valence-electron chi connectivity index (χ4n) is 3.13. The van der Waals surface area contributed by atoms with Crippen LogP contribution in [0.2, 0.25) is 0 Å². The van der Waals surface area contributed by atoms with E-state index in [2.05, 4.69) is 4.74 Å². The molecular weight excluding hydrogens is 423 g/mol. The Kier molecular flexibility index (Phi) is 6.55. The van der Waals surface area contributed by atoms with Gasteiger partial charge in [0.05, 0.1) is 32.6 Å². The standard InChI is InChI=1S/C20H20F3NO5S/c1-26-14-8-15(27-2)18(16(9-14)28-3)19-24(17(25)11-30-19)10-12-4-6-13(7-5-12)29-20(21,22)23/h4-9,19H,10-11H2,1-3H3. The van der Waals surface area contributed by atoms with Gasteiger partial charge >= 0.3 is 6.36 Å². The average Bonchev–Trinajstić information content (AvgIpc) is 3.07. The molecule has 10 heteroatoms. The molecule has 0 saturated carbocycles. The summed E-state index contributed by atoms with van der Waals surface area (Å²) >= 11 is 1.42. The van der Waals surface area contributed by atoms with Crippen LogP contribution in [0.3, 0.4) is 0 Å². The van der Waals surface area contributed by atoms with Crippen LogP contribution in [0.4, 0.5) is 13.2 Å². The van der Waals surface area contributed by atoms with E-state index in [0.29, 0.717) is 28.4 Å². The van der Waals surface area contributed by atoms with E-state index in [-0.39, 0.29) is 29.3 Å². The minimum absolute atomic E-state index is 0.0967. The Morgan fingerprint density at radius 3 is 2.10 bits per heavy atom. The van der Waals surface area contributed by atoms with Gasteiger partial charge < -0.3 is 23.8 Å². The van der Waals surface area contributed by atoms with Crippen molar-refractivity contribution in [1.29, 1.82) is 0 Å². The maximum absolute atomic E-state index is 12.6. The summed E-state index contributed by atoms with van der Waals surface area (Å²) in [6.45, 7) is 0.209. The molecule has 1 fully saturated rings. The Balaban J connectivity index is 1.88. The third kappa shape index (κ3) is 4.86. The lowest BCUT2D eigenvalue weighted by Gasteiger charge is -2.27. The van der Waals surface area contributed by atoms with Crippen LogP contribution < -0.4 is 18.9 Å². The molecule has 6 nitrogen and oxygen atoms in total. The van der Waals surface area contributed by atoms with Crippen molar-refractivity contribution in [2.75, 3.05) is 27.1 Å². The summed E-state index contributed by atoms with van der Waals surface area (Å²) in [4.78, 5) is 14.2. The quantitative estimate of drug-likeness (QED) is 0.633. The van der Waals surface area contributed by atoms with Gasteiger partial charge in [-0.2, -0.15) is 0 Å². The molecule has 0 aliphatic carbocycles. The molecule has 1 atom stereocenters. The van der Waals surface area contributed by atoms with Crippen molar-refractivity contribution in [3.05, 3.63) is 47.5 Å². The maximum atomic E-state index is 12.6. The second kappa shape index (κ2) is 8.95. The van der Waals surface area contributed by atoms with Crippen molar-refractivity contribution in [2.24, 2.45) is 0 Å². The normalized spacial score (nSPS) is 16.5. The van der Waals surface area contributed by atoms with Gasteiger partial charge in [0.1, 0.15) is 28.4 Å². The second-order valence-electron chi connectivity index (χ2n) is 6.32. The van der Waals surface area contributed by atoms with Gasteiger partial charge in [-0.15, -0.1) is 24.9 Å². The van der Waals surface area contributed by atoms with Crippen LogP contribution >= 0.6 is 11.8 Å². The van der Waals surface area contributed by atoms with Gasteiger partial charge in [-0.3, -0.25) is 4.79 Å². The number of amides is 1.